The number of aryl methyl sites for hydroxylation is 1. The molecule has 2 aromatic rings. The molecule has 134 valence electrons. The number of aromatic nitrogens is 1. The number of pyridine rings is 1. The number of hydrogen-bond donors (Lipinski definition) is 0. The van der Waals surface area contributed by atoms with E-state index in [9.17, 15) is 0 Å². The molecule has 1 heteroatoms. The third-order valence-corrected chi connectivity index (χ3v) is 5.99. The Morgan fingerprint density at radius 1 is 0.840 bits per heavy atom. The van der Waals surface area contributed by atoms with Crippen LogP contribution in [0.4, 0.5) is 0 Å². The number of nitrogens with zero attached hydrogens (tertiary/aromatic N) is 1. The smallest absolute Gasteiger partial charge is 0.0434 e. The highest BCUT2D eigenvalue weighted by Crippen LogP contribution is 2.36. The van der Waals surface area contributed by atoms with Crippen LogP contribution in [0.25, 0.3) is 11.1 Å². The summed E-state index contributed by atoms with van der Waals surface area (Å²) in [6, 6.07) is 13.6. The van der Waals surface area contributed by atoms with Crippen molar-refractivity contribution < 1.29 is 0 Å². The third kappa shape index (κ3) is 4.93. The van der Waals surface area contributed by atoms with Gasteiger partial charge in [-0.2, -0.15) is 0 Å². The van der Waals surface area contributed by atoms with E-state index in [0.29, 0.717) is 5.92 Å². The SMILES string of the molecule is CCCCCc1ccc(-c2ccc([C@H]3CC[C@H](CC)CC3)nc2)cc1. The van der Waals surface area contributed by atoms with Crippen molar-refractivity contribution in [3.05, 3.63) is 53.9 Å². The van der Waals surface area contributed by atoms with Crippen LogP contribution < -0.4 is 0 Å². The molecule has 0 N–H and O–H groups in total. The molecule has 1 aliphatic carbocycles. The van der Waals surface area contributed by atoms with Crippen molar-refractivity contribution in [3.63, 3.8) is 0 Å². The van der Waals surface area contributed by atoms with Crippen molar-refractivity contribution in [2.45, 2.75) is 77.6 Å². The molecule has 0 unspecified atom stereocenters. The first-order chi connectivity index (χ1) is 12.3. The summed E-state index contributed by atoms with van der Waals surface area (Å²) in [5.74, 6) is 1.63. The standard InChI is InChI=1S/C24H33N/c1-3-5-6-7-20-10-12-21(13-11-20)23-16-17-24(25-18-23)22-14-8-19(4-2)9-15-22/h10-13,16-19,22H,3-9,14-15H2,1-2H3/t19-,22-. The Balaban J connectivity index is 1.60. The zero-order valence-corrected chi connectivity index (χ0v) is 16.0. The zero-order valence-electron chi connectivity index (χ0n) is 16.0. The van der Waals surface area contributed by atoms with Gasteiger partial charge in [-0.3, -0.25) is 4.98 Å². The highest BCUT2D eigenvalue weighted by atomic mass is 14.7. The van der Waals surface area contributed by atoms with Crippen LogP contribution in [0.15, 0.2) is 42.6 Å². The maximum Gasteiger partial charge on any atom is 0.0434 e. The summed E-state index contributed by atoms with van der Waals surface area (Å²) in [6.07, 6.45) is 13.9. The summed E-state index contributed by atoms with van der Waals surface area (Å²) in [7, 11) is 0. The Morgan fingerprint density at radius 2 is 1.56 bits per heavy atom. The van der Waals surface area contributed by atoms with E-state index in [0.717, 1.165) is 5.92 Å². The Morgan fingerprint density at radius 3 is 2.16 bits per heavy atom. The largest absolute Gasteiger partial charge is 0.260 e. The predicted octanol–water partition coefficient (Wildman–Crippen LogP) is 7.17. The Labute approximate surface area is 153 Å². The fraction of sp³-hybridized carbons (Fsp3) is 0.542. The lowest BCUT2D eigenvalue weighted by Gasteiger charge is -2.27. The van der Waals surface area contributed by atoms with Crippen molar-refractivity contribution in [2.24, 2.45) is 5.92 Å². The Hall–Kier alpha value is -1.63. The maximum absolute atomic E-state index is 4.81. The van der Waals surface area contributed by atoms with Crippen LogP contribution in [0.1, 0.15) is 82.4 Å². The first-order valence-corrected chi connectivity index (χ1v) is 10.4. The number of unbranched alkanes of at least 4 members (excludes halogenated alkanes) is 2. The van der Waals surface area contributed by atoms with Gasteiger partial charge in [0.1, 0.15) is 0 Å². The van der Waals surface area contributed by atoms with Crippen LogP contribution in [-0.4, -0.2) is 4.98 Å². The van der Waals surface area contributed by atoms with E-state index in [-0.39, 0.29) is 0 Å². The fourth-order valence-corrected chi connectivity index (χ4v) is 4.13. The summed E-state index contributed by atoms with van der Waals surface area (Å²) >= 11 is 0. The van der Waals surface area contributed by atoms with Gasteiger partial charge in [-0.1, -0.05) is 63.4 Å². The molecule has 0 bridgehead atoms. The fourth-order valence-electron chi connectivity index (χ4n) is 4.13. The monoisotopic (exact) mass is 335 g/mol. The van der Waals surface area contributed by atoms with Crippen LogP contribution in [0.5, 0.6) is 0 Å². The summed E-state index contributed by atoms with van der Waals surface area (Å²) in [5.41, 5.74) is 5.28. The van der Waals surface area contributed by atoms with E-state index in [1.54, 1.807) is 0 Å². The van der Waals surface area contributed by atoms with Gasteiger partial charge < -0.3 is 0 Å². The Kier molecular flexibility index (Phi) is 6.67. The molecular weight excluding hydrogens is 302 g/mol. The van der Waals surface area contributed by atoms with Gasteiger partial charge in [-0.05, 0) is 61.6 Å². The molecule has 0 spiro atoms. The van der Waals surface area contributed by atoms with Crippen LogP contribution in [-0.2, 0) is 6.42 Å². The molecular formula is C24H33N. The van der Waals surface area contributed by atoms with E-state index in [1.165, 1.54) is 80.2 Å². The van der Waals surface area contributed by atoms with Gasteiger partial charge in [0.2, 0.25) is 0 Å². The molecule has 1 aromatic carbocycles. The minimum atomic E-state index is 0.679. The first kappa shape index (κ1) is 18.2. The summed E-state index contributed by atoms with van der Waals surface area (Å²) < 4.78 is 0. The zero-order chi connectivity index (χ0) is 17.5. The van der Waals surface area contributed by atoms with E-state index < -0.39 is 0 Å². The van der Waals surface area contributed by atoms with Gasteiger partial charge >= 0.3 is 0 Å². The van der Waals surface area contributed by atoms with E-state index >= 15 is 0 Å². The molecule has 0 saturated heterocycles. The summed E-state index contributed by atoms with van der Waals surface area (Å²) in [5, 5.41) is 0. The molecule has 0 atom stereocenters. The second-order valence-corrected chi connectivity index (χ2v) is 7.75. The van der Waals surface area contributed by atoms with E-state index in [2.05, 4.69) is 56.4 Å². The molecule has 0 amide bonds. The summed E-state index contributed by atoms with van der Waals surface area (Å²) in [4.78, 5) is 4.81. The third-order valence-electron chi connectivity index (χ3n) is 5.99. The lowest BCUT2D eigenvalue weighted by molar-refractivity contribution is 0.315. The quantitative estimate of drug-likeness (QED) is 0.489. The first-order valence-electron chi connectivity index (χ1n) is 10.4. The van der Waals surface area contributed by atoms with Crippen molar-refractivity contribution in [1.82, 2.24) is 4.98 Å². The number of benzene rings is 1. The molecule has 1 aromatic heterocycles. The van der Waals surface area contributed by atoms with Crippen LogP contribution >= 0.6 is 0 Å². The van der Waals surface area contributed by atoms with Crippen LogP contribution in [0, 0.1) is 5.92 Å². The van der Waals surface area contributed by atoms with E-state index in [4.69, 9.17) is 4.98 Å². The highest BCUT2D eigenvalue weighted by molar-refractivity contribution is 5.62. The molecule has 3 rings (SSSR count). The number of hydrogen-bond acceptors (Lipinski definition) is 1. The minimum absolute atomic E-state index is 0.679. The molecule has 25 heavy (non-hydrogen) atoms. The second kappa shape index (κ2) is 9.17. The van der Waals surface area contributed by atoms with Gasteiger partial charge in [0.25, 0.3) is 0 Å². The topological polar surface area (TPSA) is 12.9 Å². The van der Waals surface area contributed by atoms with Gasteiger partial charge in [-0.15, -0.1) is 0 Å². The molecule has 0 radical (unpaired) electrons. The summed E-state index contributed by atoms with van der Waals surface area (Å²) in [6.45, 7) is 4.59. The van der Waals surface area contributed by atoms with Crippen molar-refractivity contribution in [2.75, 3.05) is 0 Å². The number of rotatable bonds is 7. The molecule has 1 aliphatic rings. The average molecular weight is 336 g/mol. The lowest BCUT2D eigenvalue weighted by Crippen LogP contribution is -2.13. The van der Waals surface area contributed by atoms with Crippen molar-refractivity contribution in [1.29, 1.82) is 0 Å². The Bertz CT molecular complexity index is 618. The molecule has 1 fully saturated rings. The predicted molar refractivity (Wildman–Crippen MR) is 108 cm³/mol. The average Bonchev–Trinajstić information content (AvgIpc) is 2.69. The maximum atomic E-state index is 4.81. The van der Waals surface area contributed by atoms with Gasteiger partial charge in [0, 0.05) is 23.4 Å². The van der Waals surface area contributed by atoms with Crippen LogP contribution in [0.2, 0.25) is 0 Å². The minimum Gasteiger partial charge on any atom is -0.260 e. The van der Waals surface area contributed by atoms with E-state index in [1.807, 2.05) is 0 Å². The molecule has 1 nitrogen and oxygen atoms in total. The van der Waals surface area contributed by atoms with Crippen molar-refractivity contribution in [3.8, 4) is 11.1 Å². The lowest BCUT2D eigenvalue weighted by atomic mass is 9.79. The van der Waals surface area contributed by atoms with Gasteiger partial charge in [-0.25, -0.2) is 0 Å². The normalized spacial score (nSPS) is 20.6. The molecule has 1 heterocycles. The molecule has 0 aliphatic heterocycles. The second-order valence-electron chi connectivity index (χ2n) is 7.75. The van der Waals surface area contributed by atoms with Gasteiger partial charge in [0.05, 0.1) is 0 Å². The van der Waals surface area contributed by atoms with Gasteiger partial charge in [0.15, 0.2) is 0 Å². The molecule has 1 saturated carbocycles. The highest BCUT2D eigenvalue weighted by Gasteiger charge is 2.22. The van der Waals surface area contributed by atoms with Crippen LogP contribution in [0.3, 0.4) is 0 Å². The van der Waals surface area contributed by atoms with Crippen molar-refractivity contribution >= 4 is 0 Å².